The maximum atomic E-state index is 16.6. The highest BCUT2D eigenvalue weighted by atomic mass is 32.2. The van der Waals surface area contributed by atoms with E-state index in [0.29, 0.717) is 68.1 Å². The second-order valence-corrected chi connectivity index (χ2v) is 22.6. The first-order chi connectivity index (χ1) is 34.6. The Morgan fingerprint density at radius 1 is 0.986 bits per heavy atom. The van der Waals surface area contributed by atoms with Crippen LogP contribution in [0.3, 0.4) is 0 Å². The van der Waals surface area contributed by atoms with Crippen molar-refractivity contribution in [3.8, 4) is 11.5 Å². The first-order valence-electron chi connectivity index (χ1n) is 25.0. The van der Waals surface area contributed by atoms with Crippen LogP contribution in [0.5, 0.6) is 11.5 Å². The van der Waals surface area contributed by atoms with Crippen molar-refractivity contribution in [3.63, 3.8) is 0 Å². The van der Waals surface area contributed by atoms with Crippen molar-refractivity contribution in [3.05, 3.63) is 106 Å². The zero-order valence-corrected chi connectivity index (χ0v) is 41.1. The van der Waals surface area contributed by atoms with Gasteiger partial charge >= 0.3 is 0 Å². The number of ketones is 1. The summed E-state index contributed by atoms with van der Waals surface area (Å²) in [6, 6.07) is 16.4. The van der Waals surface area contributed by atoms with E-state index in [2.05, 4.69) is 73.2 Å². The molecule has 5 aliphatic rings. The van der Waals surface area contributed by atoms with Crippen LogP contribution < -0.4 is 19.7 Å². The minimum atomic E-state index is -4.97. The number of rotatable bonds is 14. The van der Waals surface area contributed by atoms with Crippen molar-refractivity contribution in [2.45, 2.75) is 113 Å². The highest BCUT2D eigenvalue weighted by Gasteiger charge is 2.50. The van der Waals surface area contributed by atoms with Gasteiger partial charge in [0.05, 0.1) is 34.2 Å². The normalized spacial score (nSPS) is 20.8. The van der Waals surface area contributed by atoms with E-state index in [-0.39, 0.29) is 70.5 Å². The number of aromatic nitrogens is 4. The van der Waals surface area contributed by atoms with Crippen LogP contribution in [0.4, 0.5) is 25.8 Å². The van der Waals surface area contributed by atoms with Crippen molar-refractivity contribution in [2.24, 2.45) is 5.41 Å². The number of imidazole rings is 1. The molecule has 0 radical (unpaired) electrons. The number of H-pyrrole nitrogens is 2. The predicted octanol–water partition coefficient (Wildman–Crippen LogP) is 9.05. The van der Waals surface area contributed by atoms with Crippen LogP contribution in [0.15, 0.2) is 78.2 Å². The van der Waals surface area contributed by atoms with Crippen LogP contribution in [0.1, 0.15) is 112 Å². The van der Waals surface area contributed by atoms with Gasteiger partial charge in [-0.3, -0.25) is 29.5 Å². The van der Waals surface area contributed by atoms with Crippen LogP contribution >= 0.6 is 0 Å². The maximum Gasteiger partial charge on any atom is 0.296 e. The number of amides is 1. The van der Waals surface area contributed by atoms with Crippen LogP contribution in [0.25, 0.3) is 22.1 Å². The van der Waals surface area contributed by atoms with Gasteiger partial charge in [-0.1, -0.05) is 38.1 Å². The lowest BCUT2D eigenvalue weighted by Crippen LogP contribution is -2.55. The molecular formula is C52H58F2N10O7S. The number of pyridine rings is 1. The highest BCUT2D eigenvalue weighted by Crippen LogP contribution is 2.54. The quantitative estimate of drug-likeness (QED) is 0.0593. The van der Waals surface area contributed by atoms with Gasteiger partial charge < -0.3 is 24.9 Å². The molecule has 2 saturated carbocycles. The summed E-state index contributed by atoms with van der Waals surface area (Å²) in [5.74, 6) is -1.32. The lowest BCUT2D eigenvalue weighted by atomic mass is 9.59. The summed E-state index contributed by atoms with van der Waals surface area (Å²) in [5, 5.41) is 16.1. The van der Waals surface area contributed by atoms with E-state index in [1.54, 1.807) is 18.3 Å². The molecule has 1 atom stereocenters. The van der Waals surface area contributed by atoms with Gasteiger partial charge in [0.1, 0.15) is 50.5 Å². The summed E-state index contributed by atoms with van der Waals surface area (Å²) in [7, 11) is -4.97. The smallest absolute Gasteiger partial charge is 0.296 e. The Morgan fingerprint density at radius 2 is 1.75 bits per heavy atom. The summed E-state index contributed by atoms with van der Waals surface area (Å²) in [4.78, 5) is 57.9. The number of sulfonamides is 1. The lowest BCUT2D eigenvalue weighted by molar-refractivity contribution is -0.384. The first kappa shape index (κ1) is 47.8. The number of carbonyl (C=O) groups is 2. The number of ether oxygens (including phenoxy) is 1. The van der Waals surface area contributed by atoms with Gasteiger partial charge in [0, 0.05) is 87.4 Å². The number of hydrogen-bond acceptors (Lipinski definition) is 13. The molecule has 3 aliphatic heterocycles. The third kappa shape index (κ3) is 8.94. The molecule has 2 aliphatic carbocycles. The Labute approximate surface area is 415 Å². The highest BCUT2D eigenvalue weighted by molar-refractivity contribution is 7.90. The van der Waals surface area contributed by atoms with Crippen LogP contribution in [0.2, 0.25) is 0 Å². The number of nitrogens with zero attached hydrogens (tertiary/aromatic N) is 6. The number of aromatic amines is 2. The maximum absolute atomic E-state index is 16.6. The van der Waals surface area contributed by atoms with Gasteiger partial charge in [-0.05, 0) is 98.6 Å². The summed E-state index contributed by atoms with van der Waals surface area (Å²) in [6.45, 7) is 7.24. The van der Waals surface area contributed by atoms with Crippen molar-refractivity contribution < 1.29 is 36.4 Å². The number of benzene rings is 3. The van der Waals surface area contributed by atoms with Crippen molar-refractivity contribution in [2.75, 3.05) is 49.5 Å². The van der Waals surface area contributed by atoms with Crippen LogP contribution in [-0.2, 0) is 14.8 Å². The molecule has 6 aromatic rings. The number of carbonyl (C=O) groups excluding carboxylic acids is 2. The van der Waals surface area contributed by atoms with Crippen molar-refractivity contribution >= 4 is 60.8 Å². The molecule has 72 heavy (non-hydrogen) atoms. The van der Waals surface area contributed by atoms with Gasteiger partial charge in [-0.25, -0.2) is 31.9 Å². The number of Topliss-reactive ketones (excluding diaryl/α,β-unsaturated/α-hetero) is 1. The van der Waals surface area contributed by atoms with Crippen LogP contribution in [-0.4, -0.2) is 112 Å². The molecular weight excluding hydrogens is 947 g/mol. The summed E-state index contributed by atoms with van der Waals surface area (Å²) < 4.78 is 69.5. The molecule has 3 saturated heterocycles. The fourth-order valence-corrected chi connectivity index (χ4v) is 13.3. The SMILES string of the molecule is CC(C)c1ccccc1[C@@H]1CCCN1C1CC2(CCN(c3cc(Oc4cnc5[nH]ccc5c4)c(C(=O)NS(=O)(=O)c4cc([N+](=O)[O-])c(NCC5(F)CCN(C6CC(=O)C6)CC5)c5[nH]cnc45)cc3F)CC2)C1. The average Bonchev–Trinajstić information content (AvgIpc) is 4.14. The molecule has 0 unspecified atom stereocenters. The van der Waals surface area contributed by atoms with E-state index in [0.717, 1.165) is 57.1 Å². The van der Waals surface area contributed by atoms with E-state index >= 15 is 8.78 Å². The number of fused-ring (bicyclic) bond motifs is 2. The number of nitrogens with one attached hydrogen (secondary N) is 4. The summed E-state index contributed by atoms with van der Waals surface area (Å²) >= 11 is 0. The Morgan fingerprint density at radius 3 is 2.49 bits per heavy atom. The lowest BCUT2D eigenvalue weighted by Gasteiger charge is -2.56. The molecule has 1 amide bonds. The molecule has 5 fully saturated rings. The number of alkyl halides is 1. The predicted molar refractivity (Wildman–Crippen MR) is 267 cm³/mol. The Bertz CT molecular complexity index is 3200. The molecule has 20 heteroatoms. The molecule has 3 aromatic carbocycles. The summed E-state index contributed by atoms with van der Waals surface area (Å²) in [6.07, 6.45) is 11.6. The van der Waals surface area contributed by atoms with Gasteiger partial charge in [0.25, 0.3) is 21.6 Å². The second-order valence-electron chi connectivity index (χ2n) is 20.9. The van der Waals surface area contributed by atoms with E-state index in [1.807, 2.05) is 9.62 Å². The van der Waals surface area contributed by atoms with E-state index in [1.165, 1.54) is 29.8 Å². The number of nitro groups is 1. The number of piperidine rings is 2. The van der Waals surface area contributed by atoms with Gasteiger partial charge in [-0.15, -0.1) is 0 Å². The zero-order valence-electron chi connectivity index (χ0n) is 40.3. The monoisotopic (exact) mass is 1000 g/mol. The minimum Gasteiger partial charge on any atom is -0.455 e. The molecule has 1 spiro atoms. The molecule has 0 bridgehead atoms. The number of hydrogen-bond donors (Lipinski definition) is 4. The molecule has 378 valence electrons. The molecule has 4 N–H and O–H groups in total. The molecule has 6 heterocycles. The van der Waals surface area contributed by atoms with Crippen molar-refractivity contribution in [1.29, 1.82) is 0 Å². The molecule has 11 rings (SSSR count). The number of likely N-dealkylation sites (tertiary alicyclic amines) is 2. The fourth-order valence-electron chi connectivity index (χ4n) is 12.1. The largest absolute Gasteiger partial charge is 0.455 e. The zero-order chi connectivity index (χ0) is 50.1. The van der Waals surface area contributed by atoms with E-state index in [4.69, 9.17) is 4.74 Å². The third-order valence-corrected chi connectivity index (χ3v) is 17.6. The van der Waals surface area contributed by atoms with Gasteiger partial charge in [-0.2, -0.15) is 0 Å². The third-order valence-electron chi connectivity index (χ3n) is 16.2. The minimum absolute atomic E-state index is 0.0912. The van der Waals surface area contributed by atoms with E-state index in [9.17, 15) is 28.1 Å². The number of halogens is 2. The Hall–Kier alpha value is -6.51. The fraction of sp³-hybridized carbons (Fsp3) is 0.462. The Balaban J connectivity index is 0.820. The first-order valence-corrected chi connectivity index (χ1v) is 26.5. The molecule has 3 aromatic heterocycles. The number of nitro benzene ring substituents is 1. The van der Waals surface area contributed by atoms with Crippen LogP contribution in [0, 0.1) is 21.3 Å². The average molecular weight is 1010 g/mol. The topological polar surface area (TPSA) is 212 Å². The van der Waals surface area contributed by atoms with Gasteiger partial charge in [0.2, 0.25) is 0 Å². The summed E-state index contributed by atoms with van der Waals surface area (Å²) in [5.41, 5.74) is 0.373. The Kier molecular flexibility index (Phi) is 12.3. The molecule has 17 nitrogen and oxygen atoms in total. The van der Waals surface area contributed by atoms with Gasteiger partial charge in [0.15, 0.2) is 0 Å². The van der Waals surface area contributed by atoms with E-state index < -0.39 is 48.5 Å². The standard InChI is InChI=1S/C52H58F2N10O7S/c1-31(2)37-6-3-4-7-38(37)41-8-5-15-63(41)34-26-51(27-34)10-16-62(17-11-51)42-24-44(71-36-20-32-9-14-55-49(32)56-28-36)39(23-40(42)53)50(66)60-72(69,70)45-25-43(64(67)68)46(48-47(45)58-30-59-48)57-29-52(54)12-18-61(19-13-52)33-21-35(65)22-33/h3-4,6-7,9,14,20,23-25,28,30-31,33-34,41,57H,5,8,10-13,15-19,21-22,26-27,29H2,1-2H3,(H,55,56)(H,58,59)(H,60,66)/t41-/m0/s1. The van der Waals surface area contributed by atoms with Crippen molar-refractivity contribution in [1.82, 2.24) is 34.5 Å². The number of anilines is 2. The second kappa shape index (κ2) is 18.5.